The number of nitrogens with zero attached hydrogens (tertiary/aromatic N) is 2. The van der Waals surface area contributed by atoms with Gasteiger partial charge in [0.25, 0.3) is 5.91 Å². The highest BCUT2D eigenvalue weighted by atomic mass is 79.9. The summed E-state index contributed by atoms with van der Waals surface area (Å²) in [5.41, 5.74) is 7.94. The van der Waals surface area contributed by atoms with Gasteiger partial charge in [-0.25, -0.2) is 0 Å². The van der Waals surface area contributed by atoms with Gasteiger partial charge in [0, 0.05) is 25.5 Å². The Labute approximate surface area is 119 Å². The fraction of sp³-hybridized carbons (Fsp3) is 0.231. The number of aryl methyl sites for hydroxylation is 1. The average molecular weight is 323 g/mol. The number of nitrogen functional groups attached to an aromatic ring is 1. The number of nitrogens with two attached hydrogens (primary N) is 1. The van der Waals surface area contributed by atoms with Crippen LogP contribution in [-0.2, 0) is 13.5 Å². The van der Waals surface area contributed by atoms with Crippen LogP contribution in [0.1, 0.15) is 15.9 Å². The molecule has 0 saturated carbocycles. The van der Waals surface area contributed by atoms with E-state index < -0.39 is 0 Å². The van der Waals surface area contributed by atoms with Gasteiger partial charge < -0.3 is 11.1 Å². The maximum absolute atomic E-state index is 12.0. The minimum Gasteiger partial charge on any atom is -0.398 e. The molecule has 1 heterocycles. The Morgan fingerprint density at radius 1 is 1.53 bits per heavy atom. The van der Waals surface area contributed by atoms with Crippen LogP contribution in [-0.4, -0.2) is 22.2 Å². The van der Waals surface area contributed by atoms with E-state index in [2.05, 4.69) is 26.3 Å². The van der Waals surface area contributed by atoms with Crippen molar-refractivity contribution in [1.82, 2.24) is 15.1 Å². The largest absolute Gasteiger partial charge is 0.398 e. The number of aromatic nitrogens is 2. The fourth-order valence-corrected chi connectivity index (χ4v) is 2.19. The molecule has 6 heteroatoms. The third kappa shape index (κ3) is 3.35. The second-order valence-electron chi connectivity index (χ2n) is 4.24. The van der Waals surface area contributed by atoms with Crippen LogP contribution in [0.25, 0.3) is 0 Å². The summed E-state index contributed by atoms with van der Waals surface area (Å²) in [4.78, 5) is 12.0. The summed E-state index contributed by atoms with van der Waals surface area (Å²) in [7, 11) is 1.87. The van der Waals surface area contributed by atoms with Gasteiger partial charge >= 0.3 is 0 Å². The molecule has 100 valence electrons. The minimum atomic E-state index is -0.136. The molecule has 1 aromatic heterocycles. The number of amides is 1. The van der Waals surface area contributed by atoms with Crippen LogP contribution < -0.4 is 11.1 Å². The van der Waals surface area contributed by atoms with Crippen molar-refractivity contribution in [3.05, 3.63) is 46.2 Å². The Morgan fingerprint density at radius 2 is 2.32 bits per heavy atom. The Morgan fingerprint density at radius 3 is 3.00 bits per heavy atom. The van der Waals surface area contributed by atoms with E-state index in [1.54, 1.807) is 29.1 Å². The van der Waals surface area contributed by atoms with Crippen LogP contribution >= 0.6 is 15.9 Å². The minimum absolute atomic E-state index is 0.136. The molecular formula is C13H15BrN4O. The monoisotopic (exact) mass is 322 g/mol. The molecule has 3 N–H and O–H groups in total. The van der Waals surface area contributed by atoms with E-state index in [1.807, 2.05) is 13.2 Å². The summed E-state index contributed by atoms with van der Waals surface area (Å²) >= 11 is 3.32. The maximum atomic E-state index is 12.0. The van der Waals surface area contributed by atoms with Crippen molar-refractivity contribution < 1.29 is 4.79 Å². The van der Waals surface area contributed by atoms with Gasteiger partial charge in [0.05, 0.1) is 16.2 Å². The Bertz CT molecular complexity index is 594. The highest BCUT2D eigenvalue weighted by Crippen LogP contribution is 2.23. The summed E-state index contributed by atoms with van der Waals surface area (Å²) in [6.07, 6.45) is 4.48. The Hall–Kier alpha value is -1.82. The first-order valence-corrected chi connectivity index (χ1v) is 6.67. The zero-order valence-electron chi connectivity index (χ0n) is 10.6. The van der Waals surface area contributed by atoms with Crippen molar-refractivity contribution in [3.8, 4) is 0 Å². The lowest BCUT2D eigenvalue weighted by Crippen LogP contribution is -2.26. The molecule has 0 radical (unpaired) electrons. The average Bonchev–Trinajstić information content (AvgIpc) is 2.78. The molecule has 2 aromatic rings. The molecule has 1 amide bonds. The van der Waals surface area contributed by atoms with Crippen LogP contribution in [0.4, 0.5) is 5.69 Å². The van der Waals surface area contributed by atoms with E-state index in [-0.39, 0.29) is 5.91 Å². The lowest BCUT2D eigenvalue weighted by Gasteiger charge is -2.07. The quantitative estimate of drug-likeness (QED) is 0.842. The van der Waals surface area contributed by atoms with Gasteiger partial charge in [-0.3, -0.25) is 9.48 Å². The van der Waals surface area contributed by atoms with Gasteiger partial charge in [-0.2, -0.15) is 5.10 Å². The maximum Gasteiger partial charge on any atom is 0.252 e. The first-order valence-electron chi connectivity index (χ1n) is 5.87. The molecule has 2 rings (SSSR count). The van der Waals surface area contributed by atoms with Gasteiger partial charge in [0.15, 0.2) is 0 Å². The number of hydrogen-bond acceptors (Lipinski definition) is 3. The third-order valence-electron chi connectivity index (χ3n) is 2.73. The van der Waals surface area contributed by atoms with Crippen LogP contribution in [0.15, 0.2) is 35.1 Å². The van der Waals surface area contributed by atoms with E-state index in [9.17, 15) is 4.79 Å². The summed E-state index contributed by atoms with van der Waals surface area (Å²) in [5, 5.41) is 6.94. The molecular weight excluding hydrogens is 308 g/mol. The van der Waals surface area contributed by atoms with E-state index in [4.69, 9.17) is 5.73 Å². The van der Waals surface area contributed by atoms with Crippen molar-refractivity contribution in [2.45, 2.75) is 6.42 Å². The van der Waals surface area contributed by atoms with E-state index >= 15 is 0 Å². The summed E-state index contributed by atoms with van der Waals surface area (Å²) < 4.78 is 2.37. The van der Waals surface area contributed by atoms with E-state index in [1.165, 1.54) is 0 Å². The topological polar surface area (TPSA) is 72.9 Å². The summed E-state index contributed by atoms with van der Waals surface area (Å²) in [6.45, 7) is 0.561. The van der Waals surface area contributed by atoms with E-state index in [0.29, 0.717) is 22.3 Å². The molecule has 1 aromatic carbocycles. The first kappa shape index (κ1) is 13.6. The van der Waals surface area contributed by atoms with Gasteiger partial charge in [0.1, 0.15) is 0 Å². The number of carbonyl (C=O) groups excluding carboxylic acids is 1. The number of rotatable bonds is 4. The third-order valence-corrected chi connectivity index (χ3v) is 3.62. The predicted octanol–water partition coefficient (Wildman–Crippen LogP) is 1.74. The number of benzene rings is 1. The van der Waals surface area contributed by atoms with Crippen LogP contribution in [0.3, 0.4) is 0 Å². The Kier molecular flexibility index (Phi) is 4.21. The molecule has 0 bridgehead atoms. The molecule has 19 heavy (non-hydrogen) atoms. The first-order chi connectivity index (χ1) is 9.08. The smallest absolute Gasteiger partial charge is 0.252 e. The van der Waals surface area contributed by atoms with Crippen LogP contribution in [0.5, 0.6) is 0 Å². The number of anilines is 1. The number of nitrogens with one attached hydrogen (secondary N) is 1. The molecule has 0 aliphatic heterocycles. The highest BCUT2D eigenvalue weighted by Gasteiger charge is 2.11. The normalized spacial score (nSPS) is 10.4. The van der Waals surface area contributed by atoms with Crippen molar-refractivity contribution in [2.24, 2.45) is 7.05 Å². The van der Waals surface area contributed by atoms with Crippen molar-refractivity contribution >= 4 is 27.5 Å². The standard InChI is InChI=1S/C13H15BrN4O/c1-18-8-9(7-17-18)5-6-16-13(19)10-3-2-4-11(15)12(10)14/h2-4,7-8H,5-6,15H2,1H3,(H,16,19). The molecule has 0 aliphatic rings. The lowest BCUT2D eigenvalue weighted by atomic mass is 10.2. The lowest BCUT2D eigenvalue weighted by molar-refractivity contribution is 0.0953. The van der Waals surface area contributed by atoms with Crippen molar-refractivity contribution in [1.29, 1.82) is 0 Å². The van der Waals surface area contributed by atoms with Gasteiger partial charge in [-0.15, -0.1) is 0 Å². The molecule has 0 aliphatic carbocycles. The molecule has 0 spiro atoms. The van der Waals surface area contributed by atoms with Crippen molar-refractivity contribution in [2.75, 3.05) is 12.3 Å². The fourth-order valence-electron chi connectivity index (χ4n) is 1.74. The second-order valence-corrected chi connectivity index (χ2v) is 5.03. The zero-order chi connectivity index (χ0) is 13.8. The molecule has 0 unspecified atom stereocenters. The SMILES string of the molecule is Cn1cc(CCNC(=O)c2cccc(N)c2Br)cn1. The van der Waals surface area contributed by atoms with E-state index in [0.717, 1.165) is 12.0 Å². The molecule has 0 fully saturated rings. The molecule has 5 nitrogen and oxygen atoms in total. The van der Waals surface area contributed by atoms with Gasteiger partial charge in [-0.1, -0.05) is 6.07 Å². The van der Waals surface area contributed by atoms with Gasteiger partial charge in [-0.05, 0) is 40.0 Å². The number of halogens is 1. The van der Waals surface area contributed by atoms with Gasteiger partial charge in [0.2, 0.25) is 0 Å². The second kappa shape index (κ2) is 5.88. The summed E-state index contributed by atoms with van der Waals surface area (Å²) in [5.74, 6) is -0.136. The Balaban J connectivity index is 1.93. The van der Waals surface area contributed by atoms with Crippen LogP contribution in [0.2, 0.25) is 0 Å². The predicted molar refractivity (Wildman–Crippen MR) is 77.8 cm³/mol. The highest BCUT2D eigenvalue weighted by molar-refractivity contribution is 9.10. The summed E-state index contributed by atoms with van der Waals surface area (Å²) in [6, 6.07) is 5.24. The van der Waals surface area contributed by atoms with Crippen molar-refractivity contribution in [3.63, 3.8) is 0 Å². The molecule has 0 atom stereocenters. The van der Waals surface area contributed by atoms with Crippen LogP contribution in [0, 0.1) is 0 Å². The number of hydrogen-bond donors (Lipinski definition) is 2. The number of carbonyl (C=O) groups is 1. The zero-order valence-corrected chi connectivity index (χ0v) is 12.1. The molecule has 0 saturated heterocycles.